The molecule has 0 aromatic heterocycles. The Hall–Kier alpha value is -0.120. The molecule has 1 atom stereocenters. The average molecular weight is 302 g/mol. The van der Waals surface area contributed by atoms with Crippen molar-refractivity contribution in [3.63, 3.8) is 0 Å². The minimum Gasteiger partial charge on any atom is -0.396 e. The maximum Gasteiger partial charge on any atom is 0.0562 e. The van der Waals surface area contributed by atoms with Crippen molar-refractivity contribution in [1.29, 1.82) is 0 Å². The second-order valence-corrected chi connectivity index (χ2v) is 6.27. The average Bonchev–Trinajstić information content (AvgIpc) is 2.48. The molecule has 0 fully saturated rings. The van der Waals surface area contributed by atoms with Crippen molar-refractivity contribution in [2.24, 2.45) is 0 Å². The highest BCUT2D eigenvalue weighted by atomic mass is 16.3. The summed E-state index contributed by atoms with van der Waals surface area (Å²) in [6.07, 6.45) is 17.6. The summed E-state index contributed by atoms with van der Waals surface area (Å²) in [6, 6.07) is 0. The van der Waals surface area contributed by atoms with E-state index in [9.17, 15) is 5.11 Å². The predicted octanol–water partition coefficient (Wildman–Crippen LogP) is 4.18. The molecular weight excluding hydrogens is 264 g/mol. The van der Waals surface area contributed by atoms with Crippen LogP contribution in [0, 0.1) is 0 Å². The fraction of sp³-hybridized carbons (Fsp3) is 1.00. The van der Waals surface area contributed by atoms with Crippen molar-refractivity contribution in [2.75, 3.05) is 13.2 Å². The van der Waals surface area contributed by atoms with Crippen LogP contribution in [0.4, 0.5) is 0 Å². The Morgan fingerprint density at radius 2 is 0.810 bits per heavy atom. The molecule has 3 N–H and O–H groups in total. The van der Waals surface area contributed by atoms with E-state index in [1.807, 2.05) is 0 Å². The maximum atomic E-state index is 9.47. The summed E-state index contributed by atoms with van der Waals surface area (Å²) in [5.41, 5.74) is 0. The van der Waals surface area contributed by atoms with E-state index in [1.54, 1.807) is 0 Å². The molecule has 0 aliphatic heterocycles. The topological polar surface area (TPSA) is 60.7 Å². The van der Waals surface area contributed by atoms with Crippen LogP contribution in [-0.2, 0) is 0 Å². The maximum absolute atomic E-state index is 9.47. The fourth-order valence-corrected chi connectivity index (χ4v) is 2.73. The molecule has 0 aromatic rings. The summed E-state index contributed by atoms with van der Waals surface area (Å²) in [5.74, 6) is 0. The monoisotopic (exact) mass is 302 g/mol. The van der Waals surface area contributed by atoms with Gasteiger partial charge in [-0.05, 0) is 19.3 Å². The van der Waals surface area contributed by atoms with Gasteiger partial charge in [-0.15, -0.1) is 0 Å². The summed E-state index contributed by atoms with van der Waals surface area (Å²) in [6.45, 7) is 0.447. The highest BCUT2D eigenvalue weighted by molar-refractivity contribution is 4.55. The van der Waals surface area contributed by atoms with E-state index in [-0.39, 0.29) is 12.7 Å². The zero-order valence-electron chi connectivity index (χ0n) is 13.9. The van der Waals surface area contributed by atoms with Gasteiger partial charge < -0.3 is 15.3 Å². The van der Waals surface area contributed by atoms with Crippen LogP contribution in [0.15, 0.2) is 0 Å². The lowest BCUT2D eigenvalue weighted by molar-refractivity contribution is 0.122. The van der Waals surface area contributed by atoms with Crippen LogP contribution >= 0.6 is 0 Å². The molecule has 0 aliphatic carbocycles. The van der Waals surface area contributed by atoms with Crippen LogP contribution in [-0.4, -0.2) is 34.6 Å². The molecule has 0 rings (SSSR count). The highest BCUT2D eigenvalue weighted by Gasteiger charge is 2.02. The van der Waals surface area contributed by atoms with Gasteiger partial charge in [-0.2, -0.15) is 0 Å². The summed E-state index contributed by atoms with van der Waals surface area (Å²) in [4.78, 5) is 0. The third-order valence-electron chi connectivity index (χ3n) is 4.16. The van der Waals surface area contributed by atoms with E-state index in [4.69, 9.17) is 10.2 Å². The largest absolute Gasteiger partial charge is 0.396 e. The molecule has 0 saturated heterocycles. The van der Waals surface area contributed by atoms with E-state index >= 15 is 0 Å². The molecule has 1 unspecified atom stereocenters. The van der Waals surface area contributed by atoms with E-state index in [1.165, 1.54) is 70.6 Å². The number of hydrogen-bond acceptors (Lipinski definition) is 3. The summed E-state index contributed by atoms with van der Waals surface area (Å²) >= 11 is 0. The van der Waals surface area contributed by atoms with Gasteiger partial charge in [-0.25, -0.2) is 0 Å². The van der Waals surface area contributed by atoms with Crippen molar-refractivity contribution in [3.05, 3.63) is 0 Å². The molecule has 128 valence electrons. The molecule has 0 bridgehead atoms. The Balaban J connectivity index is 2.99. The second-order valence-electron chi connectivity index (χ2n) is 6.27. The highest BCUT2D eigenvalue weighted by Crippen LogP contribution is 2.13. The van der Waals surface area contributed by atoms with Gasteiger partial charge >= 0.3 is 0 Å². The van der Waals surface area contributed by atoms with Gasteiger partial charge in [0.15, 0.2) is 0 Å². The van der Waals surface area contributed by atoms with E-state index in [0.717, 1.165) is 19.3 Å². The van der Waals surface area contributed by atoms with E-state index in [0.29, 0.717) is 13.0 Å². The number of hydrogen-bond donors (Lipinski definition) is 3. The zero-order chi connectivity index (χ0) is 15.6. The Morgan fingerprint density at radius 3 is 1.19 bits per heavy atom. The zero-order valence-corrected chi connectivity index (χ0v) is 13.9. The Labute approximate surface area is 131 Å². The summed E-state index contributed by atoms with van der Waals surface area (Å²) < 4.78 is 0. The van der Waals surface area contributed by atoms with Gasteiger partial charge in [0.05, 0.1) is 6.10 Å². The van der Waals surface area contributed by atoms with Crippen LogP contribution < -0.4 is 0 Å². The van der Waals surface area contributed by atoms with Crippen molar-refractivity contribution in [3.8, 4) is 0 Å². The second kappa shape index (κ2) is 17.9. The quantitative estimate of drug-likeness (QED) is 0.353. The van der Waals surface area contributed by atoms with Crippen LogP contribution in [0.1, 0.15) is 96.3 Å². The first-order valence-corrected chi connectivity index (χ1v) is 9.21. The number of aliphatic hydroxyl groups is 3. The minimum atomic E-state index is -0.299. The fourth-order valence-electron chi connectivity index (χ4n) is 2.73. The van der Waals surface area contributed by atoms with Gasteiger partial charge in [0.25, 0.3) is 0 Å². The molecule has 0 aromatic carbocycles. The van der Waals surface area contributed by atoms with Crippen molar-refractivity contribution in [1.82, 2.24) is 0 Å². The molecule has 0 saturated carbocycles. The Kier molecular flexibility index (Phi) is 17.8. The molecule has 0 aliphatic rings. The molecule has 3 nitrogen and oxygen atoms in total. The molecule has 0 amide bonds. The summed E-state index contributed by atoms with van der Waals surface area (Å²) in [5, 5.41) is 26.8. The van der Waals surface area contributed by atoms with E-state index < -0.39 is 0 Å². The van der Waals surface area contributed by atoms with Gasteiger partial charge in [-0.1, -0.05) is 77.0 Å². The first-order valence-electron chi connectivity index (χ1n) is 9.21. The van der Waals surface area contributed by atoms with Gasteiger partial charge in [0, 0.05) is 13.2 Å². The lowest BCUT2D eigenvalue weighted by Crippen LogP contribution is -2.08. The Morgan fingerprint density at radius 1 is 0.429 bits per heavy atom. The predicted molar refractivity (Wildman–Crippen MR) is 89.4 cm³/mol. The van der Waals surface area contributed by atoms with Gasteiger partial charge in [-0.3, -0.25) is 0 Å². The van der Waals surface area contributed by atoms with Crippen molar-refractivity contribution < 1.29 is 15.3 Å². The van der Waals surface area contributed by atoms with Gasteiger partial charge in [0.1, 0.15) is 0 Å². The van der Waals surface area contributed by atoms with Crippen LogP contribution in [0.25, 0.3) is 0 Å². The van der Waals surface area contributed by atoms with Crippen LogP contribution in [0.3, 0.4) is 0 Å². The first kappa shape index (κ1) is 20.9. The first-order chi connectivity index (χ1) is 10.3. The lowest BCUT2D eigenvalue weighted by atomic mass is 10.0. The van der Waals surface area contributed by atoms with Gasteiger partial charge in [0.2, 0.25) is 0 Å². The molecule has 0 spiro atoms. The lowest BCUT2D eigenvalue weighted by Gasteiger charge is -2.08. The van der Waals surface area contributed by atoms with Crippen molar-refractivity contribution in [2.45, 2.75) is 102 Å². The summed E-state index contributed by atoms with van der Waals surface area (Å²) in [7, 11) is 0. The molecule has 21 heavy (non-hydrogen) atoms. The smallest absolute Gasteiger partial charge is 0.0562 e. The number of rotatable bonds is 17. The normalized spacial score (nSPS) is 12.7. The van der Waals surface area contributed by atoms with Crippen molar-refractivity contribution >= 4 is 0 Å². The SMILES string of the molecule is OCCCCCCCCCCCCCCCC(O)CCO. The number of aliphatic hydroxyl groups excluding tert-OH is 3. The standard InChI is InChI=1S/C18H38O3/c19-16-13-11-9-7-5-3-1-2-4-6-8-10-12-14-18(21)15-17-20/h18-21H,1-17H2. The minimum absolute atomic E-state index is 0.0998. The van der Waals surface area contributed by atoms with Crippen LogP contribution in [0.5, 0.6) is 0 Å². The molecule has 0 heterocycles. The van der Waals surface area contributed by atoms with E-state index in [2.05, 4.69) is 0 Å². The third-order valence-corrected chi connectivity index (χ3v) is 4.16. The molecule has 3 heteroatoms. The Bertz CT molecular complexity index is 185. The van der Waals surface area contributed by atoms with Crippen LogP contribution in [0.2, 0.25) is 0 Å². The molecule has 0 radical (unpaired) electrons. The third kappa shape index (κ3) is 17.8. The molecular formula is C18H38O3. The number of unbranched alkanes of at least 4 members (excludes halogenated alkanes) is 12.